The summed E-state index contributed by atoms with van der Waals surface area (Å²) in [7, 11) is 3.23. The fourth-order valence-corrected chi connectivity index (χ4v) is 4.09. The molecule has 0 radical (unpaired) electrons. The van der Waals surface area contributed by atoms with Gasteiger partial charge in [0, 0.05) is 25.5 Å². The van der Waals surface area contributed by atoms with Gasteiger partial charge in [-0.25, -0.2) is 9.59 Å². The molecule has 0 bridgehead atoms. The molecule has 2 aliphatic rings. The Balaban J connectivity index is 0.000000369. The van der Waals surface area contributed by atoms with Crippen LogP contribution < -0.4 is 41.4 Å². The number of nitrogens with one attached hydrogen (secondary N) is 2. The maximum absolute atomic E-state index is 12.8. The number of amides is 4. The number of nitrogens with two attached hydrogens (primary N) is 2. The third-order valence-electron chi connectivity index (χ3n) is 6.10. The lowest BCUT2D eigenvalue weighted by Gasteiger charge is -2.24. The minimum Gasteiger partial charge on any atom is -0.489 e. The molecule has 14 nitrogen and oxygen atoms in total. The first-order valence-corrected chi connectivity index (χ1v) is 13.9. The second-order valence-electron chi connectivity index (χ2n) is 12.3. The Morgan fingerprint density at radius 2 is 1.33 bits per heavy atom. The Labute approximate surface area is 269 Å². The molecule has 2 atom stereocenters. The Kier molecular flexibility index (Phi) is 11.9. The van der Waals surface area contributed by atoms with Gasteiger partial charge in [-0.05, 0) is 77.9 Å². The van der Waals surface area contributed by atoms with E-state index in [9.17, 15) is 19.2 Å². The SMILES string of the molecule is CN1C(=O)[C@@H](N)COc2ccc(N)cc21.CN1C(=O)[C@@H](NC(=O)OC(C)(C)C)COc2ccc(NC(=O)OC(C)(C)C)cc21.Cl. The highest BCUT2D eigenvalue weighted by Gasteiger charge is 2.32. The standard InChI is InChI=1S/C20H29N3O6.C10H13N3O2.ClH/c1-19(2,3)28-17(25)21-12-8-9-15-14(10-12)23(7)16(24)13(11-27-15)22-18(26)29-20(4,5)6;1-13-8-4-6(11)2-3-9(8)15-5-7(12)10(13)14;/h8-10,13H,11H2,1-7H3,(H,21,25)(H,22,26);2-4,7H,5,11-12H2,1H3;1H/t13-;7-;/m00./s1. The van der Waals surface area contributed by atoms with Gasteiger partial charge in [0.2, 0.25) is 5.91 Å². The Bertz CT molecular complexity index is 1410. The number of hydrogen-bond donors (Lipinski definition) is 4. The monoisotopic (exact) mass is 650 g/mol. The van der Waals surface area contributed by atoms with E-state index in [1.807, 2.05) is 0 Å². The molecule has 0 aromatic heterocycles. The van der Waals surface area contributed by atoms with Gasteiger partial charge in [0.05, 0.1) is 11.4 Å². The lowest BCUT2D eigenvalue weighted by molar-refractivity contribution is -0.121. The van der Waals surface area contributed by atoms with Gasteiger partial charge in [-0.1, -0.05) is 0 Å². The van der Waals surface area contributed by atoms with Crippen molar-refractivity contribution in [1.29, 1.82) is 0 Å². The van der Waals surface area contributed by atoms with Crippen LogP contribution in [0.2, 0.25) is 0 Å². The minimum absolute atomic E-state index is 0. The van der Waals surface area contributed by atoms with Crippen LogP contribution in [-0.2, 0) is 19.1 Å². The van der Waals surface area contributed by atoms with Crippen molar-refractivity contribution in [3.63, 3.8) is 0 Å². The van der Waals surface area contributed by atoms with Gasteiger partial charge in [-0.3, -0.25) is 14.9 Å². The van der Waals surface area contributed by atoms with E-state index in [2.05, 4.69) is 10.6 Å². The second-order valence-corrected chi connectivity index (χ2v) is 12.3. The van der Waals surface area contributed by atoms with E-state index in [1.165, 1.54) is 9.80 Å². The van der Waals surface area contributed by atoms with Gasteiger partial charge in [0.15, 0.2) is 0 Å². The molecular formula is C30H43ClN6O8. The maximum atomic E-state index is 12.8. The summed E-state index contributed by atoms with van der Waals surface area (Å²) in [6.45, 7) is 10.6. The summed E-state index contributed by atoms with van der Waals surface area (Å²) in [5, 5.41) is 5.17. The molecule has 0 fully saturated rings. The van der Waals surface area contributed by atoms with Crippen molar-refractivity contribution in [2.24, 2.45) is 5.73 Å². The lowest BCUT2D eigenvalue weighted by atomic mass is 10.2. The molecule has 0 spiro atoms. The van der Waals surface area contributed by atoms with Gasteiger partial charge < -0.3 is 45.5 Å². The number of rotatable bonds is 2. The Morgan fingerprint density at radius 3 is 1.93 bits per heavy atom. The average molecular weight is 651 g/mol. The van der Waals surface area contributed by atoms with Crippen molar-refractivity contribution in [3.8, 4) is 11.5 Å². The summed E-state index contributed by atoms with van der Waals surface area (Å²) in [6.07, 6.45) is -1.31. The van der Waals surface area contributed by atoms with Crippen molar-refractivity contribution < 1.29 is 38.1 Å². The summed E-state index contributed by atoms with van der Waals surface area (Å²) >= 11 is 0. The summed E-state index contributed by atoms with van der Waals surface area (Å²) in [4.78, 5) is 51.4. The fraction of sp³-hybridized carbons (Fsp3) is 0.467. The number of alkyl carbamates (subject to hydrolysis) is 1. The van der Waals surface area contributed by atoms with Crippen LogP contribution in [0.1, 0.15) is 41.5 Å². The molecule has 6 N–H and O–H groups in total. The van der Waals surface area contributed by atoms with Crippen LogP contribution in [-0.4, -0.2) is 74.6 Å². The molecule has 0 unspecified atom stereocenters. The predicted octanol–water partition coefficient (Wildman–Crippen LogP) is 3.66. The number of nitrogen functional groups attached to an aromatic ring is 1. The molecule has 0 saturated carbocycles. The topological polar surface area (TPSA) is 188 Å². The van der Waals surface area contributed by atoms with Crippen LogP contribution in [0.15, 0.2) is 36.4 Å². The first-order valence-electron chi connectivity index (χ1n) is 13.9. The first-order chi connectivity index (χ1) is 20.3. The Morgan fingerprint density at radius 1 is 0.822 bits per heavy atom. The molecule has 0 aliphatic carbocycles. The van der Waals surface area contributed by atoms with E-state index in [0.29, 0.717) is 34.2 Å². The van der Waals surface area contributed by atoms with E-state index in [-0.39, 0.29) is 37.4 Å². The van der Waals surface area contributed by atoms with Crippen molar-refractivity contribution in [3.05, 3.63) is 36.4 Å². The lowest BCUT2D eigenvalue weighted by Crippen LogP contribution is -2.50. The van der Waals surface area contributed by atoms with Crippen molar-refractivity contribution in [1.82, 2.24) is 5.32 Å². The third kappa shape index (κ3) is 10.3. The van der Waals surface area contributed by atoms with Crippen LogP contribution in [0.3, 0.4) is 0 Å². The number of benzene rings is 2. The van der Waals surface area contributed by atoms with Crippen LogP contribution in [0.25, 0.3) is 0 Å². The number of fused-ring (bicyclic) bond motifs is 2. The smallest absolute Gasteiger partial charge is 0.412 e. The molecule has 2 heterocycles. The molecule has 4 rings (SSSR count). The predicted molar refractivity (Wildman–Crippen MR) is 173 cm³/mol. The molecule has 2 aliphatic heterocycles. The first kappa shape index (κ1) is 36.8. The molecule has 2 aromatic carbocycles. The van der Waals surface area contributed by atoms with Gasteiger partial charge in [0.25, 0.3) is 5.91 Å². The summed E-state index contributed by atoms with van der Waals surface area (Å²) in [6, 6.07) is 8.52. The van der Waals surface area contributed by atoms with Crippen molar-refractivity contribution >= 4 is 59.2 Å². The average Bonchev–Trinajstić information content (AvgIpc) is 3.08. The van der Waals surface area contributed by atoms with Gasteiger partial charge in [-0.2, -0.15) is 0 Å². The zero-order chi connectivity index (χ0) is 33.0. The molecular weight excluding hydrogens is 608 g/mol. The molecule has 0 saturated heterocycles. The zero-order valence-electron chi connectivity index (χ0n) is 26.8. The summed E-state index contributed by atoms with van der Waals surface area (Å²) < 4.78 is 21.6. The van der Waals surface area contributed by atoms with Gasteiger partial charge >= 0.3 is 12.2 Å². The minimum atomic E-state index is -0.912. The highest BCUT2D eigenvalue weighted by atomic mass is 35.5. The normalized spacial score (nSPS) is 17.7. The van der Waals surface area contributed by atoms with Crippen LogP contribution in [0.5, 0.6) is 11.5 Å². The fourth-order valence-electron chi connectivity index (χ4n) is 4.09. The van der Waals surface area contributed by atoms with E-state index < -0.39 is 35.5 Å². The summed E-state index contributed by atoms with van der Waals surface area (Å²) in [5.74, 6) is 0.542. The number of nitrogens with zero attached hydrogens (tertiary/aromatic N) is 2. The van der Waals surface area contributed by atoms with Crippen LogP contribution >= 0.6 is 12.4 Å². The van der Waals surface area contributed by atoms with E-state index in [0.717, 1.165) is 0 Å². The summed E-state index contributed by atoms with van der Waals surface area (Å²) in [5.41, 5.74) is 12.1. The zero-order valence-corrected chi connectivity index (χ0v) is 27.6. The van der Waals surface area contributed by atoms with E-state index in [1.54, 1.807) is 92.0 Å². The number of hydrogen-bond acceptors (Lipinski definition) is 10. The highest BCUT2D eigenvalue weighted by Crippen LogP contribution is 2.34. The third-order valence-corrected chi connectivity index (χ3v) is 6.10. The Hall–Kier alpha value is -4.43. The van der Waals surface area contributed by atoms with Crippen molar-refractivity contribution in [2.75, 3.05) is 48.2 Å². The van der Waals surface area contributed by atoms with E-state index in [4.69, 9.17) is 30.4 Å². The van der Waals surface area contributed by atoms with Crippen LogP contribution in [0.4, 0.5) is 32.3 Å². The molecule has 45 heavy (non-hydrogen) atoms. The molecule has 248 valence electrons. The van der Waals surface area contributed by atoms with Crippen molar-refractivity contribution in [2.45, 2.75) is 64.8 Å². The second kappa shape index (κ2) is 14.6. The molecule has 2 aromatic rings. The number of likely N-dealkylation sites (N-methyl/N-ethyl adjacent to an activating group) is 2. The largest absolute Gasteiger partial charge is 0.489 e. The number of carbonyl (C=O) groups is 4. The van der Waals surface area contributed by atoms with Crippen LogP contribution in [0, 0.1) is 0 Å². The number of ether oxygens (including phenoxy) is 4. The maximum Gasteiger partial charge on any atom is 0.412 e. The van der Waals surface area contributed by atoms with Gasteiger partial charge in [0.1, 0.15) is 48.0 Å². The highest BCUT2D eigenvalue weighted by molar-refractivity contribution is 6.01. The quantitative estimate of drug-likeness (QED) is 0.349. The number of halogens is 1. The molecule has 15 heteroatoms. The number of carbonyl (C=O) groups excluding carboxylic acids is 4. The molecule has 4 amide bonds. The van der Waals surface area contributed by atoms with E-state index >= 15 is 0 Å². The van der Waals surface area contributed by atoms with Gasteiger partial charge in [-0.15, -0.1) is 12.4 Å². The number of anilines is 4.